The van der Waals surface area contributed by atoms with Crippen molar-refractivity contribution in [2.24, 2.45) is 5.21 Å². The van der Waals surface area contributed by atoms with E-state index in [4.69, 9.17) is 0 Å². The van der Waals surface area contributed by atoms with Crippen LogP contribution in [0.4, 0.5) is 4.48 Å². The molecule has 2 rings (SSSR count). The van der Waals surface area contributed by atoms with Crippen LogP contribution in [-0.4, -0.2) is 5.16 Å². The van der Waals surface area contributed by atoms with Gasteiger partial charge in [-0.15, -0.1) is 0 Å². The van der Waals surface area contributed by atoms with E-state index in [1.807, 2.05) is 0 Å². The Kier molecular flexibility index (Phi) is 2.26. The summed E-state index contributed by atoms with van der Waals surface area (Å²) in [6.45, 7) is 0. The molecule has 0 saturated carbocycles. The zero-order chi connectivity index (χ0) is 7.40. The van der Waals surface area contributed by atoms with Crippen LogP contribution >= 0.6 is 12.2 Å². The van der Waals surface area contributed by atoms with Crippen LogP contribution in [0.25, 0.3) is 11.1 Å². The molecule has 0 heterocycles. The summed E-state index contributed by atoms with van der Waals surface area (Å²) in [5.74, 6) is 0. The monoisotopic (exact) mass is 153 g/mol. The zero-order valence-corrected chi connectivity index (χ0v) is 5.86. The Morgan fingerprint density at radius 3 is 1.50 bits per heavy atom. The first kappa shape index (κ1) is 7.06. The molecule has 0 fully saturated rings. The van der Waals surface area contributed by atoms with E-state index in [-0.39, 0.29) is 0 Å². The Balaban J connectivity index is 0.000000112. The maximum absolute atomic E-state index is 10.1. The highest BCUT2D eigenvalue weighted by molar-refractivity contribution is 7.78. The normalized spacial score (nSPS) is 8.50. The van der Waals surface area contributed by atoms with Crippen molar-refractivity contribution in [2.45, 2.75) is 0 Å². The van der Waals surface area contributed by atoms with Crippen molar-refractivity contribution in [3.63, 3.8) is 0 Å². The number of hydrogen-bond acceptors (Lipinski definition) is 2. The predicted octanol–water partition coefficient (Wildman–Crippen LogP) is 2.64. The van der Waals surface area contributed by atoms with Gasteiger partial charge in [-0.2, -0.15) is 0 Å². The first-order chi connectivity index (χ1) is 4.88. The van der Waals surface area contributed by atoms with Crippen LogP contribution in [0.1, 0.15) is 0 Å². The maximum Gasteiger partial charge on any atom is 0.0979 e. The second-order valence-electron chi connectivity index (χ2n) is 1.75. The van der Waals surface area contributed by atoms with Crippen LogP contribution in [0.2, 0.25) is 0 Å². The van der Waals surface area contributed by atoms with Gasteiger partial charge in [0.2, 0.25) is 0 Å². The van der Waals surface area contributed by atoms with E-state index in [9.17, 15) is 4.48 Å². The molecule has 2 aliphatic rings. The quantitative estimate of drug-likeness (QED) is 0.418. The van der Waals surface area contributed by atoms with Crippen LogP contribution in [0.15, 0.2) is 29.5 Å². The predicted molar refractivity (Wildman–Crippen MR) is 41.6 cm³/mol. The lowest BCUT2D eigenvalue weighted by Crippen LogP contribution is -1.85. The number of benzene rings is 1. The molecule has 0 unspecified atom stereocenters. The molecule has 0 aromatic carbocycles. The second-order valence-corrected chi connectivity index (χ2v) is 1.94. The third-order valence-electron chi connectivity index (χ3n) is 1.25. The molecule has 50 valence electrons. The molecule has 0 bridgehead atoms. The van der Waals surface area contributed by atoms with E-state index in [1.54, 1.807) is 5.21 Å². The highest BCUT2D eigenvalue weighted by Gasteiger charge is 2.03. The van der Waals surface area contributed by atoms with Gasteiger partial charge in [0.05, 0.1) is 5.16 Å². The minimum absolute atomic E-state index is 1.43. The molecule has 0 N–H and O–H groups in total. The largest absolute Gasteiger partial charge is 0.0979 e. The molecule has 0 atom stereocenters. The molecular weight excluding hydrogens is 149 g/mol. The molecular formula is C7H4FNS. The molecule has 10 heavy (non-hydrogen) atoms. The first-order valence-corrected chi connectivity index (χ1v) is 3.08. The Morgan fingerprint density at radius 2 is 1.50 bits per heavy atom. The van der Waals surface area contributed by atoms with Gasteiger partial charge in [0.25, 0.3) is 0 Å². The number of isothiocyanates is 1. The smallest absolute Gasteiger partial charge is 0.0651 e. The van der Waals surface area contributed by atoms with Crippen molar-refractivity contribution in [3.8, 4) is 11.1 Å². The number of nitrogens with zero attached hydrogens (tertiary/aromatic N) is 1. The minimum Gasteiger partial charge on any atom is -0.0651 e. The van der Waals surface area contributed by atoms with E-state index in [1.165, 1.54) is 16.3 Å². The lowest BCUT2D eigenvalue weighted by Gasteiger charge is -2.10. The van der Waals surface area contributed by atoms with Gasteiger partial charge < -0.3 is 0 Å². The zero-order valence-electron chi connectivity index (χ0n) is 5.04. The lowest BCUT2D eigenvalue weighted by atomic mass is 9.95. The van der Waals surface area contributed by atoms with Gasteiger partial charge in [-0.3, -0.25) is 0 Å². The lowest BCUT2D eigenvalue weighted by molar-refractivity contribution is 0.543. The Labute approximate surface area is 63.2 Å². The summed E-state index contributed by atoms with van der Waals surface area (Å²) in [4.78, 5) is 0. The standard InChI is InChI=1S/C6H4.CFNS/c1-2-6-4-3-5(1)6;2-3-1-4/h1-4H;. The fraction of sp³-hybridized carbons (Fsp3) is 0. The van der Waals surface area contributed by atoms with Crippen LogP contribution in [0.3, 0.4) is 0 Å². The molecule has 0 radical (unpaired) electrons. The molecule has 0 spiro atoms. The van der Waals surface area contributed by atoms with Gasteiger partial charge in [0.1, 0.15) is 0 Å². The Morgan fingerprint density at radius 1 is 1.20 bits per heavy atom. The van der Waals surface area contributed by atoms with Crippen molar-refractivity contribution >= 4 is 17.4 Å². The third-order valence-corrected chi connectivity index (χ3v) is 1.32. The first-order valence-electron chi connectivity index (χ1n) is 2.67. The summed E-state index contributed by atoms with van der Waals surface area (Å²) in [5, 5.41) is 3.27. The van der Waals surface area contributed by atoms with Crippen molar-refractivity contribution in [3.05, 3.63) is 24.3 Å². The van der Waals surface area contributed by atoms with Crippen molar-refractivity contribution < 1.29 is 4.48 Å². The topological polar surface area (TPSA) is 12.4 Å². The second kappa shape index (κ2) is 3.20. The van der Waals surface area contributed by atoms with Gasteiger partial charge in [0.15, 0.2) is 0 Å². The molecule has 0 aromatic rings. The summed E-state index contributed by atoms with van der Waals surface area (Å²) < 4.78 is 10.1. The van der Waals surface area contributed by atoms with Crippen molar-refractivity contribution in [2.75, 3.05) is 0 Å². The number of hydrogen-bond donors (Lipinski definition) is 0. The van der Waals surface area contributed by atoms with Gasteiger partial charge in [-0.1, -0.05) is 28.7 Å². The summed E-state index contributed by atoms with van der Waals surface area (Å²) in [6, 6.07) is 8.48. The van der Waals surface area contributed by atoms with Crippen molar-refractivity contribution in [1.82, 2.24) is 0 Å². The van der Waals surface area contributed by atoms with Crippen LogP contribution in [-0.2, 0) is 0 Å². The minimum atomic E-state index is 1.43. The van der Waals surface area contributed by atoms with Gasteiger partial charge >= 0.3 is 0 Å². The number of fused-ring (bicyclic) bond motifs is 1. The highest BCUT2D eigenvalue weighted by Crippen LogP contribution is 2.29. The van der Waals surface area contributed by atoms with Gasteiger partial charge in [-0.25, -0.2) is 0 Å². The summed E-state index contributed by atoms with van der Waals surface area (Å²) >= 11 is 3.76. The third kappa shape index (κ3) is 1.26. The number of halogens is 1. The summed E-state index contributed by atoms with van der Waals surface area (Å²) in [7, 11) is 0. The van der Waals surface area contributed by atoms with E-state index >= 15 is 0 Å². The fourth-order valence-corrected chi connectivity index (χ4v) is 0.663. The Bertz CT molecular complexity index is 240. The van der Waals surface area contributed by atoms with E-state index in [0.717, 1.165) is 0 Å². The molecule has 0 amide bonds. The Hall–Kier alpha value is -1.05. The molecule has 3 heteroatoms. The number of thiocarbonyl (C=S) groups is 1. The average molecular weight is 153 g/mol. The van der Waals surface area contributed by atoms with Gasteiger partial charge in [0, 0.05) is 0 Å². The average Bonchev–Trinajstić information content (AvgIpc) is 1.97. The molecule has 0 aromatic heterocycles. The molecule has 0 aliphatic heterocycles. The van der Waals surface area contributed by atoms with E-state index in [2.05, 4.69) is 36.5 Å². The summed E-state index contributed by atoms with van der Waals surface area (Å²) in [5.41, 5.74) is 2.85. The van der Waals surface area contributed by atoms with Crippen molar-refractivity contribution in [1.29, 1.82) is 0 Å². The number of rotatable bonds is 0. The van der Waals surface area contributed by atoms with E-state index in [0.29, 0.717) is 0 Å². The summed E-state index contributed by atoms with van der Waals surface area (Å²) in [6.07, 6.45) is 0. The van der Waals surface area contributed by atoms with Crippen LogP contribution < -0.4 is 0 Å². The highest BCUT2D eigenvalue weighted by atomic mass is 32.1. The van der Waals surface area contributed by atoms with E-state index < -0.39 is 0 Å². The van der Waals surface area contributed by atoms with Gasteiger partial charge in [-0.05, 0) is 28.6 Å². The molecule has 0 saturated heterocycles. The maximum atomic E-state index is 10.1. The molecule has 1 nitrogen and oxygen atoms in total. The van der Waals surface area contributed by atoms with Crippen LogP contribution in [0.5, 0.6) is 0 Å². The SMILES string of the molecule is FN=C=S.c1cc2ccc1-2. The van der Waals surface area contributed by atoms with Crippen LogP contribution in [0, 0.1) is 0 Å². The molecule has 2 aliphatic carbocycles. The fourth-order valence-electron chi connectivity index (χ4n) is 0.663.